The number of sulfonamides is 1. The van der Waals surface area contributed by atoms with Crippen molar-refractivity contribution in [1.29, 1.82) is 0 Å². The van der Waals surface area contributed by atoms with E-state index < -0.39 is 10.0 Å². The van der Waals surface area contributed by atoms with E-state index in [4.69, 9.17) is 5.73 Å². The van der Waals surface area contributed by atoms with Gasteiger partial charge in [0, 0.05) is 13.1 Å². The third-order valence-corrected chi connectivity index (χ3v) is 3.73. The van der Waals surface area contributed by atoms with Crippen molar-refractivity contribution in [3.8, 4) is 0 Å². The second-order valence-electron chi connectivity index (χ2n) is 3.83. The average molecular weight is 257 g/mol. The molecule has 0 fully saturated rings. The Labute approximate surface area is 102 Å². The van der Waals surface area contributed by atoms with Gasteiger partial charge in [0.05, 0.1) is 17.1 Å². The number of nitrogen functional groups attached to an aromatic ring is 1. The Kier molecular flexibility index (Phi) is 4.77. The number of hydrogen-bond acceptors (Lipinski definition) is 4. The van der Waals surface area contributed by atoms with Gasteiger partial charge in [-0.15, -0.1) is 0 Å². The highest BCUT2D eigenvalue weighted by Crippen LogP contribution is 2.18. The van der Waals surface area contributed by atoms with E-state index in [1.807, 2.05) is 19.1 Å². The molecule has 17 heavy (non-hydrogen) atoms. The molecule has 0 saturated carbocycles. The molecular formula is C11H19N3O2S. The van der Waals surface area contributed by atoms with Crippen LogP contribution in [0.1, 0.15) is 12.5 Å². The van der Waals surface area contributed by atoms with Gasteiger partial charge in [0.2, 0.25) is 10.0 Å². The predicted molar refractivity (Wildman–Crippen MR) is 71.5 cm³/mol. The minimum Gasteiger partial charge on any atom is -0.397 e. The minimum absolute atomic E-state index is 0.0359. The lowest BCUT2D eigenvalue weighted by Crippen LogP contribution is -2.29. The molecule has 0 heterocycles. The van der Waals surface area contributed by atoms with Crippen molar-refractivity contribution >= 4 is 21.4 Å². The molecule has 1 aromatic rings. The third-order valence-electron chi connectivity index (χ3n) is 2.26. The van der Waals surface area contributed by atoms with Gasteiger partial charge in [-0.1, -0.05) is 13.0 Å². The Bertz CT molecular complexity index is 472. The molecule has 5 nitrogen and oxygen atoms in total. The van der Waals surface area contributed by atoms with Crippen LogP contribution < -0.4 is 15.8 Å². The summed E-state index contributed by atoms with van der Waals surface area (Å²) in [4.78, 5) is 0. The molecule has 0 aliphatic heterocycles. The Morgan fingerprint density at radius 2 is 2.06 bits per heavy atom. The Morgan fingerprint density at radius 3 is 2.71 bits per heavy atom. The number of hydrogen-bond donors (Lipinski definition) is 3. The van der Waals surface area contributed by atoms with Crippen LogP contribution in [-0.2, 0) is 10.0 Å². The van der Waals surface area contributed by atoms with E-state index in [2.05, 4.69) is 10.0 Å². The summed E-state index contributed by atoms with van der Waals surface area (Å²) in [6, 6.07) is 5.61. The largest absolute Gasteiger partial charge is 0.397 e. The fraction of sp³-hybridized carbons (Fsp3) is 0.455. The quantitative estimate of drug-likeness (QED) is 0.662. The van der Waals surface area contributed by atoms with Crippen molar-refractivity contribution in [2.24, 2.45) is 0 Å². The number of nitrogens with two attached hydrogens (primary N) is 1. The maximum Gasteiger partial charge on any atom is 0.213 e. The van der Waals surface area contributed by atoms with E-state index in [1.54, 1.807) is 13.0 Å². The molecule has 0 spiro atoms. The summed E-state index contributed by atoms with van der Waals surface area (Å²) in [6.45, 7) is 4.46. The van der Waals surface area contributed by atoms with Gasteiger partial charge in [0.25, 0.3) is 0 Å². The molecule has 6 heteroatoms. The van der Waals surface area contributed by atoms with Gasteiger partial charge in [-0.25, -0.2) is 13.1 Å². The first kappa shape index (κ1) is 13.8. The van der Waals surface area contributed by atoms with Crippen LogP contribution in [0, 0.1) is 6.92 Å². The molecule has 0 unspecified atom stereocenters. The highest BCUT2D eigenvalue weighted by atomic mass is 32.2. The van der Waals surface area contributed by atoms with E-state index >= 15 is 0 Å². The number of benzene rings is 1. The van der Waals surface area contributed by atoms with E-state index in [0.29, 0.717) is 18.8 Å². The molecule has 0 saturated heterocycles. The monoisotopic (exact) mass is 257 g/mol. The summed E-state index contributed by atoms with van der Waals surface area (Å²) in [6.07, 6.45) is 0. The number of anilines is 2. The lowest BCUT2D eigenvalue weighted by molar-refractivity contribution is 0.584. The maximum atomic E-state index is 11.4. The molecule has 0 aromatic heterocycles. The minimum atomic E-state index is -3.18. The first-order valence-corrected chi connectivity index (χ1v) is 7.17. The van der Waals surface area contributed by atoms with E-state index in [1.165, 1.54) is 0 Å². The molecule has 1 rings (SSSR count). The summed E-state index contributed by atoms with van der Waals surface area (Å²) in [5.74, 6) is 0.0359. The normalized spacial score (nSPS) is 11.4. The van der Waals surface area contributed by atoms with Crippen LogP contribution in [-0.4, -0.2) is 27.3 Å². The molecule has 96 valence electrons. The summed E-state index contributed by atoms with van der Waals surface area (Å²) in [5.41, 5.74) is 8.25. The Morgan fingerprint density at radius 1 is 1.35 bits per heavy atom. The molecule has 1 aromatic carbocycles. The SMILES string of the molecule is CCNS(=O)(=O)CCNc1cc(C)ccc1N. The number of nitrogens with one attached hydrogen (secondary N) is 2. The molecule has 4 N–H and O–H groups in total. The van der Waals surface area contributed by atoms with Gasteiger partial charge in [-0.2, -0.15) is 0 Å². The highest BCUT2D eigenvalue weighted by molar-refractivity contribution is 7.89. The molecule has 0 aliphatic rings. The molecular weight excluding hydrogens is 238 g/mol. The average Bonchev–Trinajstić information content (AvgIpc) is 2.23. The second-order valence-corrected chi connectivity index (χ2v) is 5.76. The van der Waals surface area contributed by atoms with Crippen LogP contribution in [0.4, 0.5) is 11.4 Å². The highest BCUT2D eigenvalue weighted by Gasteiger charge is 2.08. The smallest absolute Gasteiger partial charge is 0.213 e. The van der Waals surface area contributed by atoms with Gasteiger partial charge in [-0.05, 0) is 24.6 Å². The predicted octanol–water partition coefficient (Wildman–Crippen LogP) is 0.928. The van der Waals surface area contributed by atoms with Gasteiger partial charge in [0.1, 0.15) is 0 Å². The lowest BCUT2D eigenvalue weighted by atomic mass is 10.2. The first-order valence-electron chi connectivity index (χ1n) is 5.52. The Hall–Kier alpha value is -1.27. The van der Waals surface area contributed by atoms with E-state index in [9.17, 15) is 8.42 Å². The summed E-state index contributed by atoms with van der Waals surface area (Å²) >= 11 is 0. The van der Waals surface area contributed by atoms with Crippen molar-refractivity contribution in [2.75, 3.05) is 29.9 Å². The van der Waals surface area contributed by atoms with Crippen molar-refractivity contribution in [3.05, 3.63) is 23.8 Å². The van der Waals surface area contributed by atoms with Crippen LogP contribution in [0.3, 0.4) is 0 Å². The topological polar surface area (TPSA) is 84.2 Å². The van der Waals surface area contributed by atoms with Crippen LogP contribution >= 0.6 is 0 Å². The van der Waals surface area contributed by atoms with E-state index in [-0.39, 0.29) is 5.75 Å². The zero-order chi connectivity index (χ0) is 12.9. The molecule has 0 aliphatic carbocycles. The fourth-order valence-electron chi connectivity index (χ4n) is 1.44. The van der Waals surface area contributed by atoms with Crippen molar-refractivity contribution in [3.63, 3.8) is 0 Å². The van der Waals surface area contributed by atoms with Gasteiger partial charge in [0.15, 0.2) is 0 Å². The van der Waals surface area contributed by atoms with Crippen molar-refractivity contribution < 1.29 is 8.42 Å². The lowest BCUT2D eigenvalue weighted by Gasteiger charge is -2.10. The second kappa shape index (κ2) is 5.88. The summed E-state index contributed by atoms with van der Waals surface area (Å²) < 4.78 is 25.2. The summed E-state index contributed by atoms with van der Waals surface area (Å²) in [5, 5.41) is 3.02. The molecule has 0 amide bonds. The number of rotatable bonds is 6. The van der Waals surface area contributed by atoms with Crippen molar-refractivity contribution in [2.45, 2.75) is 13.8 Å². The third kappa shape index (κ3) is 4.62. The Balaban J connectivity index is 2.54. The standard InChI is InChI=1S/C11H19N3O2S/c1-3-14-17(15,16)7-6-13-11-8-9(2)4-5-10(11)12/h4-5,8,13-14H,3,6-7,12H2,1-2H3. The van der Waals surface area contributed by atoms with Crippen LogP contribution in [0.25, 0.3) is 0 Å². The van der Waals surface area contributed by atoms with Gasteiger partial charge in [-0.3, -0.25) is 0 Å². The van der Waals surface area contributed by atoms with Crippen LogP contribution in [0.15, 0.2) is 18.2 Å². The van der Waals surface area contributed by atoms with E-state index in [0.717, 1.165) is 11.3 Å². The van der Waals surface area contributed by atoms with Gasteiger partial charge >= 0.3 is 0 Å². The maximum absolute atomic E-state index is 11.4. The van der Waals surface area contributed by atoms with Crippen molar-refractivity contribution in [1.82, 2.24) is 4.72 Å². The first-order chi connectivity index (χ1) is 7.94. The molecule has 0 bridgehead atoms. The van der Waals surface area contributed by atoms with Crippen LogP contribution in [0.5, 0.6) is 0 Å². The number of aryl methyl sites for hydroxylation is 1. The van der Waals surface area contributed by atoms with Gasteiger partial charge < -0.3 is 11.1 Å². The fourth-order valence-corrected chi connectivity index (χ4v) is 2.39. The summed E-state index contributed by atoms with van der Waals surface area (Å²) in [7, 11) is -3.18. The zero-order valence-electron chi connectivity index (χ0n) is 10.2. The molecule has 0 atom stereocenters. The van der Waals surface area contributed by atoms with Crippen LogP contribution in [0.2, 0.25) is 0 Å². The zero-order valence-corrected chi connectivity index (χ0v) is 11.0. The molecule has 0 radical (unpaired) electrons.